The molecule has 1 atom stereocenters. The Bertz CT molecular complexity index is 586. The molecule has 21 heavy (non-hydrogen) atoms. The minimum absolute atomic E-state index is 0.0412. The molecule has 0 aliphatic heterocycles. The Kier molecular flexibility index (Phi) is 5.99. The normalized spacial score (nSPS) is 12.2. The number of hydrogen-bond donors (Lipinski definition) is 1. The first-order valence-corrected chi connectivity index (χ1v) is 8.14. The van der Waals surface area contributed by atoms with Crippen molar-refractivity contribution in [2.75, 3.05) is 6.54 Å². The molecule has 1 unspecified atom stereocenters. The zero-order chi connectivity index (χ0) is 15.2. The van der Waals surface area contributed by atoms with E-state index in [0.29, 0.717) is 5.75 Å². The van der Waals surface area contributed by atoms with Crippen LogP contribution in [0.3, 0.4) is 0 Å². The van der Waals surface area contributed by atoms with Gasteiger partial charge in [0.25, 0.3) is 0 Å². The third-order valence-corrected chi connectivity index (χ3v) is 3.90. The van der Waals surface area contributed by atoms with Crippen LogP contribution in [0.25, 0.3) is 0 Å². The van der Waals surface area contributed by atoms with E-state index in [-0.39, 0.29) is 11.9 Å². The van der Waals surface area contributed by atoms with Gasteiger partial charge in [0.15, 0.2) is 0 Å². The lowest BCUT2D eigenvalue weighted by atomic mass is 10.1. The summed E-state index contributed by atoms with van der Waals surface area (Å²) in [6, 6.07) is 12.5. The van der Waals surface area contributed by atoms with Gasteiger partial charge < -0.3 is 10.1 Å². The van der Waals surface area contributed by atoms with Gasteiger partial charge in [0, 0.05) is 15.2 Å². The first-order valence-electron chi connectivity index (χ1n) is 7.06. The summed E-state index contributed by atoms with van der Waals surface area (Å²) in [5.41, 5.74) is 0.835. The van der Waals surface area contributed by atoms with Crippen LogP contribution in [-0.2, 0) is 0 Å². The summed E-state index contributed by atoms with van der Waals surface area (Å²) in [4.78, 5) is 0. The van der Waals surface area contributed by atoms with E-state index in [4.69, 9.17) is 4.74 Å². The van der Waals surface area contributed by atoms with E-state index >= 15 is 0 Å². The van der Waals surface area contributed by atoms with Crippen LogP contribution in [0.4, 0.5) is 4.39 Å². The van der Waals surface area contributed by atoms with Crippen molar-refractivity contribution in [1.29, 1.82) is 0 Å². The fraction of sp³-hybridized carbons (Fsp3) is 0.294. The highest BCUT2D eigenvalue weighted by Crippen LogP contribution is 2.30. The summed E-state index contributed by atoms with van der Waals surface area (Å²) in [5.74, 6) is 1.20. The summed E-state index contributed by atoms with van der Waals surface area (Å²) in [5, 5.41) is 3.36. The quantitative estimate of drug-likeness (QED) is 0.668. The second-order valence-corrected chi connectivity index (χ2v) is 6.16. The highest BCUT2D eigenvalue weighted by Gasteiger charge is 2.13. The minimum atomic E-state index is -0.245. The van der Waals surface area contributed by atoms with Gasteiger partial charge in [-0.1, -0.05) is 6.92 Å². The Morgan fingerprint density at radius 1 is 1.19 bits per heavy atom. The van der Waals surface area contributed by atoms with Crippen molar-refractivity contribution >= 4 is 22.6 Å². The number of ether oxygens (including phenoxy) is 1. The molecule has 0 fully saturated rings. The van der Waals surface area contributed by atoms with E-state index in [9.17, 15) is 4.39 Å². The van der Waals surface area contributed by atoms with Crippen molar-refractivity contribution in [3.05, 3.63) is 57.4 Å². The zero-order valence-electron chi connectivity index (χ0n) is 12.2. The predicted octanol–water partition coefficient (Wildman–Crippen LogP) is 5.28. The standard InChI is InChI=1S/C17H19FINO/c1-3-10-20-12(2)16-11-13(18)4-9-17(16)21-15-7-5-14(19)6-8-15/h4-9,11-12,20H,3,10H2,1-2H3. The molecule has 0 saturated carbocycles. The molecule has 112 valence electrons. The van der Waals surface area contributed by atoms with Crippen LogP contribution in [-0.4, -0.2) is 6.54 Å². The minimum Gasteiger partial charge on any atom is -0.457 e. The largest absolute Gasteiger partial charge is 0.457 e. The highest BCUT2D eigenvalue weighted by molar-refractivity contribution is 14.1. The molecule has 0 aliphatic carbocycles. The molecule has 2 aromatic rings. The number of nitrogens with one attached hydrogen (secondary N) is 1. The van der Waals surface area contributed by atoms with Gasteiger partial charge in [-0.3, -0.25) is 0 Å². The molecule has 0 saturated heterocycles. The Labute approximate surface area is 138 Å². The van der Waals surface area contributed by atoms with Crippen LogP contribution in [0.5, 0.6) is 11.5 Å². The highest BCUT2D eigenvalue weighted by atomic mass is 127. The van der Waals surface area contributed by atoms with Gasteiger partial charge in [-0.2, -0.15) is 0 Å². The Balaban J connectivity index is 2.23. The molecule has 0 spiro atoms. The third-order valence-electron chi connectivity index (χ3n) is 3.18. The second-order valence-electron chi connectivity index (χ2n) is 4.91. The molecule has 4 heteroatoms. The van der Waals surface area contributed by atoms with Gasteiger partial charge in [-0.15, -0.1) is 0 Å². The maximum absolute atomic E-state index is 13.5. The average molecular weight is 399 g/mol. The van der Waals surface area contributed by atoms with Crippen molar-refractivity contribution in [3.8, 4) is 11.5 Å². The van der Waals surface area contributed by atoms with Crippen molar-refractivity contribution in [2.45, 2.75) is 26.3 Å². The SMILES string of the molecule is CCCNC(C)c1cc(F)ccc1Oc1ccc(I)cc1. The molecule has 0 radical (unpaired) electrons. The van der Waals surface area contributed by atoms with E-state index in [2.05, 4.69) is 34.8 Å². The number of rotatable bonds is 6. The fourth-order valence-corrected chi connectivity index (χ4v) is 2.41. The van der Waals surface area contributed by atoms with Crippen molar-refractivity contribution in [2.24, 2.45) is 0 Å². The van der Waals surface area contributed by atoms with Crippen molar-refractivity contribution < 1.29 is 9.13 Å². The van der Waals surface area contributed by atoms with Crippen LogP contribution >= 0.6 is 22.6 Å². The topological polar surface area (TPSA) is 21.3 Å². The lowest BCUT2D eigenvalue weighted by Crippen LogP contribution is -2.19. The third kappa shape index (κ3) is 4.68. The summed E-state index contributed by atoms with van der Waals surface area (Å²) < 4.78 is 20.6. The average Bonchev–Trinajstić information content (AvgIpc) is 2.49. The summed E-state index contributed by atoms with van der Waals surface area (Å²) in [6.07, 6.45) is 1.03. The maximum atomic E-state index is 13.5. The molecule has 0 bridgehead atoms. The van der Waals surface area contributed by atoms with Crippen LogP contribution in [0.1, 0.15) is 31.9 Å². The molecular formula is C17H19FINO. The summed E-state index contributed by atoms with van der Waals surface area (Å²) in [7, 11) is 0. The van der Waals surface area contributed by atoms with Crippen LogP contribution in [0.2, 0.25) is 0 Å². The number of benzene rings is 2. The molecule has 1 N–H and O–H groups in total. The first kappa shape index (κ1) is 16.2. The molecule has 2 rings (SSSR count). The van der Waals surface area contributed by atoms with Crippen LogP contribution in [0.15, 0.2) is 42.5 Å². The monoisotopic (exact) mass is 399 g/mol. The van der Waals surface area contributed by atoms with Gasteiger partial charge >= 0.3 is 0 Å². The summed E-state index contributed by atoms with van der Waals surface area (Å²) in [6.45, 7) is 5.01. The van der Waals surface area contributed by atoms with Gasteiger partial charge in [-0.05, 0) is 84.9 Å². The van der Waals surface area contributed by atoms with Crippen LogP contribution in [0, 0.1) is 9.39 Å². The Morgan fingerprint density at radius 2 is 1.90 bits per heavy atom. The van der Waals surface area contributed by atoms with E-state index in [1.165, 1.54) is 12.1 Å². The van der Waals surface area contributed by atoms with E-state index < -0.39 is 0 Å². The number of hydrogen-bond acceptors (Lipinski definition) is 2. The summed E-state index contributed by atoms with van der Waals surface area (Å²) >= 11 is 2.25. The smallest absolute Gasteiger partial charge is 0.132 e. The van der Waals surface area contributed by atoms with Gasteiger partial charge in [-0.25, -0.2) is 4.39 Å². The second kappa shape index (κ2) is 7.75. The Morgan fingerprint density at radius 3 is 2.57 bits per heavy atom. The van der Waals surface area contributed by atoms with Crippen LogP contribution < -0.4 is 10.1 Å². The van der Waals surface area contributed by atoms with Crippen molar-refractivity contribution in [1.82, 2.24) is 5.32 Å². The zero-order valence-corrected chi connectivity index (χ0v) is 14.4. The lowest BCUT2D eigenvalue weighted by molar-refractivity contribution is 0.457. The van der Waals surface area contributed by atoms with Crippen molar-refractivity contribution in [3.63, 3.8) is 0 Å². The lowest BCUT2D eigenvalue weighted by Gasteiger charge is -2.18. The molecule has 0 aliphatic rings. The number of halogens is 2. The molecule has 0 amide bonds. The molecule has 2 aromatic carbocycles. The van der Waals surface area contributed by atoms with Gasteiger partial charge in [0.05, 0.1) is 0 Å². The first-order chi connectivity index (χ1) is 10.1. The van der Waals surface area contributed by atoms with E-state index in [1.54, 1.807) is 6.07 Å². The van der Waals surface area contributed by atoms with E-state index in [1.807, 2.05) is 31.2 Å². The predicted molar refractivity (Wildman–Crippen MR) is 92.3 cm³/mol. The molecule has 0 heterocycles. The Hall–Kier alpha value is -1.14. The maximum Gasteiger partial charge on any atom is 0.132 e. The molecule has 2 nitrogen and oxygen atoms in total. The molecular weight excluding hydrogens is 380 g/mol. The van der Waals surface area contributed by atoms with Gasteiger partial charge in [0.2, 0.25) is 0 Å². The molecule has 0 aromatic heterocycles. The van der Waals surface area contributed by atoms with E-state index in [0.717, 1.165) is 27.8 Å². The van der Waals surface area contributed by atoms with Gasteiger partial charge in [0.1, 0.15) is 17.3 Å². The fourth-order valence-electron chi connectivity index (χ4n) is 2.05.